The van der Waals surface area contributed by atoms with Gasteiger partial charge in [-0.1, -0.05) is 138 Å². The van der Waals surface area contributed by atoms with Crippen molar-refractivity contribution in [1.82, 2.24) is 55.5 Å². The number of methoxy groups -OCH3 is 1. The number of aliphatic hydroxyl groups is 1. The minimum Gasteiger partial charge on any atom is -0.495 e. The number of nitrogens with zero attached hydrogens (tertiary/aromatic N) is 8. The van der Waals surface area contributed by atoms with Crippen LogP contribution in [0, 0.1) is 17.8 Å². The number of anilines is 2. The van der Waals surface area contributed by atoms with E-state index >= 15 is 0 Å². The predicted molar refractivity (Wildman–Crippen MR) is 444 cm³/mol. The molecule has 1 saturated carbocycles. The summed E-state index contributed by atoms with van der Waals surface area (Å²) in [6.07, 6.45) is 9.27. The minimum absolute atomic E-state index is 0.0166. The lowest BCUT2D eigenvalue weighted by atomic mass is 9.87. The molecule has 0 radical (unpaired) electrons. The molecule has 116 heavy (non-hydrogen) atoms. The first-order valence-electron chi connectivity index (χ1n) is 39.4. The number of fused-ring (bicyclic) bond motifs is 2. The first kappa shape index (κ1) is 81.6. The first-order chi connectivity index (χ1) is 56.4. The summed E-state index contributed by atoms with van der Waals surface area (Å²) >= 11 is 2.51. The Balaban J connectivity index is 0.521. The van der Waals surface area contributed by atoms with E-state index in [1.165, 1.54) is 40.4 Å². The van der Waals surface area contributed by atoms with Crippen LogP contribution in [0.25, 0.3) is 32.9 Å². The summed E-state index contributed by atoms with van der Waals surface area (Å²) in [6.45, 7) is 5.19. The van der Waals surface area contributed by atoms with Gasteiger partial charge in [0.2, 0.25) is 29.6 Å². The Kier molecular flexibility index (Phi) is 26.5. The molecule has 0 unspecified atom stereocenters. The van der Waals surface area contributed by atoms with Gasteiger partial charge in [0.1, 0.15) is 17.9 Å². The number of likely N-dealkylation sites (tertiary alicyclic amines) is 1. The van der Waals surface area contributed by atoms with Crippen LogP contribution in [-0.2, 0) is 62.0 Å². The van der Waals surface area contributed by atoms with Gasteiger partial charge < -0.3 is 64.7 Å². The Morgan fingerprint density at radius 1 is 0.716 bits per heavy atom. The molecule has 1 aliphatic carbocycles. The van der Waals surface area contributed by atoms with Crippen molar-refractivity contribution >= 4 is 98.4 Å². The molecule has 14 rings (SSSR count). The lowest BCUT2D eigenvalue weighted by Crippen LogP contribution is -2.56. The number of carbonyl (C=O) groups is 7. The van der Waals surface area contributed by atoms with Crippen LogP contribution in [0.4, 0.5) is 16.4 Å². The Labute approximate surface area is 681 Å². The highest BCUT2D eigenvalue weighted by Crippen LogP contribution is 2.45. The van der Waals surface area contributed by atoms with E-state index < -0.39 is 48.5 Å². The highest BCUT2D eigenvalue weighted by atomic mass is 32.2. The van der Waals surface area contributed by atoms with E-state index in [2.05, 4.69) is 60.9 Å². The summed E-state index contributed by atoms with van der Waals surface area (Å²) < 4.78 is 25.7. The zero-order valence-electron chi connectivity index (χ0n) is 65.2. The Bertz CT molecular complexity index is 5160. The van der Waals surface area contributed by atoms with Gasteiger partial charge in [-0.15, -0.1) is 0 Å². The van der Waals surface area contributed by atoms with Gasteiger partial charge in [-0.2, -0.15) is 0 Å². The number of thioether (sulfide) groups is 2. The molecule has 5 aliphatic rings. The van der Waals surface area contributed by atoms with Crippen molar-refractivity contribution < 1.29 is 57.6 Å². The van der Waals surface area contributed by atoms with Crippen LogP contribution < -0.4 is 41.4 Å². The lowest BCUT2D eigenvalue weighted by molar-refractivity contribution is -0.138. The molecule has 6 N–H and O–H groups in total. The van der Waals surface area contributed by atoms with Gasteiger partial charge in [0, 0.05) is 115 Å². The third-order valence-corrected chi connectivity index (χ3v) is 24.1. The van der Waals surface area contributed by atoms with Gasteiger partial charge in [0.05, 0.1) is 98.5 Å². The number of ether oxygens (including phenoxy) is 4. The van der Waals surface area contributed by atoms with Crippen molar-refractivity contribution in [3.8, 4) is 28.7 Å². The number of carbonyl (C=O) groups excluding carboxylic acids is 7. The number of rotatable bonds is 34. The molecule has 3 saturated heterocycles. The molecule has 4 fully saturated rings. The number of hydrogen-bond donors (Lipinski definition) is 6. The smallest absolute Gasteiger partial charge is 0.332 e. The molecular formula is C88H95N13O13S2. The maximum atomic E-state index is 14.2. The third kappa shape index (κ3) is 19.4. The van der Waals surface area contributed by atoms with Gasteiger partial charge in [0.25, 0.3) is 17.4 Å². The van der Waals surface area contributed by atoms with Crippen LogP contribution in [0.1, 0.15) is 80.7 Å². The van der Waals surface area contributed by atoms with Crippen molar-refractivity contribution in [2.24, 2.45) is 13.0 Å². The van der Waals surface area contributed by atoms with Gasteiger partial charge in [-0.25, -0.2) is 19.7 Å². The molecule has 2 atom stereocenters. The van der Waals surface area contributed by atoms with E-state index in [-0.39, 0.29) is 107 Å². The number of hydrogen-bond acceptors (Lipinski definition) is 20. The molecule has 0 bridgehead atoms. The van der Waals surface area contributed by atoms with Gasteiger partial charge in [-0.3, -0.25) is 43.4 Å². The summed E-state index contributed by atoms with van der Waals surface area (Å²) in [5.41, 5.74) is 4.75. The van der Waals surface area contributed by atoms with Crippen LogP contribution in [0.2, 0.25) is 0 Å². The Morgan fingerprint density at radius 3 is 2.06 bits per heavy atom. The fourth-order valence-electron chi connectivity index (χ4n) is 15.1. The fraction of sp³-hybridized carbons (Fsp3) is 0.364. The number of aromatic amines is 1. The number of imide groups is 2. The number of benzene rings is 6. The van der Waals surface area contributed by atoms with Crippen molar-refractivity contribution in [2.45, 2.75) is 97.8 Å². The molecule has 9 aromatic rings. The topological polar surface area (TPSA) is 305 Å². The van der Waals surface area contributed by atoms with E-state index in [4.69, 9.17) is 28.9 Å². The Hall–Kier alpha value is -11.0. The van der Waals surface area contributed by atoms with Crippen LogP contribution in [0.3, 0.4) is 0 Å². The number of urea groups is 1. The van der Waals surface area contributed by atoms with E-state index in [9.17, 15) is 43.5 Å². The van der Waals surface area contributed by atoms with Crippen molar-refractivity contribution in [1.29, 1.82) is 0 Å². The summed E-state index contributed by atoms with van der Waals surface area (Å²) in [6, 6.07) is 50.9. The molecule has 0 spiro atoms. The number of aliphatic hydroxyl groups excluding tert-OH is 1. The minimum atomic E-state index is -1.27. The van der Waals surface area contributed by atoms with Gasteiger partial charge >= 0.3 is 6.03 Å². The van der Waals surface area contributed by atoms with E-state index in [1.807, 2.05) is 152 Å². The number of nitrogens with one attached hydrogen (secondary N) is 5. The Morgan fingerprint density at radius 2 is 1.39 bits per heavy atom. The number of pyridine rings is 1. The largest absolute Gasteiger partial charge is 0.495 e. The zero-order chi connectivity index (χ0) is 80.7. The maximum absolute atomic E-state index is 14.2. The standard InChI is InChI=1S/C88H95N13O13S2/c1-87(37-44-97(45-38-87)64-33-41-98(42-34-64)85-94-71-30-27-61(70-56-96(2)82(107)77-68(70)32-40-89-77)53-69(71)80(95-85)88(57-102,114-65-28-29-65)63-20-10-5-11-21-63)93-39-16-19-60-26-31-73(111-3)72(52-60)99-43-35-76(105)101(86(99)110)58-92-75(104)55-91-81(106)62(51-59-17-8-4-9-18-59)54-90-74(103)36-47-112-49-50-113-48-46-100-83(108)78(115-66-22-12-6-13-23-66)79(84(100)109)116-67-24-14-7-15-25-67/h4-15,17-18,20-27,30-32,40,52-53,56,62,64-65,89,93,102H,28-29,33-39,41-51,54-55,57-58H2,1-3H3,(H,90,103)(H,91,106)(H,92,104)/t62-,88+/m1/s1. The predicted octanol–water partition coefficient (Wildman–Crippen LogP) is 9.28. The normalized spacial score (nSPS) is 16.9. The lowest BCUT2D eigenvalue weighted by Gasteiger charge is -2.45. The van der Waals surface area contributed by atoms with Crippen LogP contribution in [-0.4, -0.2) is 204 Å². The average Bonchev–Trinajstić information content (AvgIpc) is 1.06. The van der Waals surface area contributed by atoms with Crippen molar-refractivity contribution in [2.75, 3.05) is 116 Å². The maximum Gasteiger partial charge on any atom is 0.332 e. The monoisotopic (exact) mass is 1610 g/mol. The van der Waals surface area contributed by atoms with Crippen molar-refractivity contribution in [3.05, 3.63) is 219 Å². The highest BCUT2D eigenvalue weighted by Gasteiger charge is 2.45. The molecule has 26 nitrogen and oxygen atoms in total. The molecule has 6 aromatic carbocycles. The first-order valence-corrected chi connectivity index (χ1v) is 41.0. The molecule has 7 heterocycles. The fourth-order valence-corrected chi connectivity index (χ4v) is 17.2. The molecule has 28 heteroatoms. The van der Waals surface area contributed by atoms with Gasteiger partial charge in [-0.05, 0) is 129 Å². The average molecular weight is 1610 g/mol. The van der Waals surface area contributed by atoms with Crippen LogP contribution in [0.5, 0.6) is 5.75 Å². The van der Waals surface area contributed by atoms with E-state index in [0.29, 0.717) is 56.6 Å². The third-order valence-electron chi connectivity index (χ3n) is 21.8. The number of aromatic nitrogens is 4. The van der Waals surface area contributed by atoms with Crippen LogP contribution in [0.15, 0.2) is 201 Å². The summed E-state index contributed by atoms with van der Waals surface area (Å²) in [5, 5.41) is 25.0. The molecule has 4 aliphatic heterocycles. The molecule has 3 aromatic heterocycles. The summed E-state index contributed by atoms with van der Waals surface area (Å²) in [5.74, 6) is 3.97. The summed E-state index contributed by atoms with van der Waals surface area (Å²) in [4.78, 5) is 133. The quantitative estimate of drug-likeness (QED) is 0.0124. The van der Waals surface area contributed by atoms with Gasteiger partial charge in [0.15, 0.2) is 5.60 Å². The second-order valence-corrected chi connectivity index (χ2v) is 31.9. The molecular weight excluding hydrogens is 1510 g/mol. The van der Waals surface area contributed by atoms with Crippen molar-refractivity contribution in [3.63, 3.8) is 0 Å². The zero-order valence-corrected chi connectivity index (χ0v) is 66.8. The number of piperidine rings is 2. The van der Waals surface area contributed by atoms with E-state index in [0.717, 1.165) is 118 Å². The molecule has 602 valence electrons. The number of amides is 8. The summed E-state index contributed by atoms with van der Waals surface area (Å²) in [7, 11) is 3.24. The number of aryl methyl sites for hydroxylation is 1. The highest BCUT2D eigenvalue weighted by molar-refractivity contribution is 8.08. The second-order valence-electron chi connectivity index (χ2n) is 29.8. The SMILES string of the molecule is COc1ccc(C#CCNC2(C)CCN(C3CCN(c4nc([C@@](CO)(OC5CC5)c5ccccc5)c5cc(-c6cn(C)c(=O)c7[nH]ccc67)ccc5n4)CC3)CC2)cc1N1CCC(=O)N(CNC(=O)CNC(=O)[C@@H](CNC(=O)CCOCCOCCN2C(=O)C(Sc3ccccc3)=C(Sc3ccccc3)C2=O)Cc2ccccc2)C1=O. The number of H-pyrrole nitrogens is 1. The van der Waals surface area contributed by atoms with E-state index in [1.54, 1.807) is 29.9 Å². The molecule has 8 amide bonds. The van der Waals surface area contributed by atoms with Crippen LogP contribution >= 0.6 is 23.5 Å². The second kappa shape index (κ2) is 37.7.